The Bertz CT molecular complexity index is 1350. The molecule has 1 saturated heterocycles. The molecule has 3 heterocycles. The minimum absolute atomic E-state index is 0.148. The molecule has 8 nitrogen and oxygen atoms in total. The maximum atomic E-state index is 12.8. The third-order valence-electron chi connectivity index (χ3n) is 6.97. The Morgan fingerprint density at radius 2 is 1.71 bits per heavy atom. The number of hydrogen-bond acceptors (Lipinski definition) is 6. The van der Waals surface area contributed by atoms with Crippen LogP contribution in [0, 0.1) is 5.92 Å². The Hall–Kier alpha value is -3.94. The highest BCUT2D eigenvalue weighted by molar-refractivity contribution is 5.98. The van der Waals surface area contributed by atoms with E-state index >= 15 is 0 Å². The van der Waals surface area contributed by atoms with E-state index < -0.39 is 0 Å². The predicted molar refractivity (Wildman–Crippen MR) is 134 cm³/mol. The van der Waals surface area contributed by atoms with Gasteiger partial charge in [0.05, 0.1) is 11.4 Å². The topological polar surface area (TPSA) is 99.2 Å². The number of hydrogen-bond donors (Lipinski definition) is 1. The van der Waals surface area contributed by atoms with Crippen molar-refractivity contribution in [1.82, 2.24) is 24.6 Å². The van der Waals surface area contributed by atoms with Crippen LogP contribution >= 0.6 is 0 Å². The number of carbonyl (C=O) groups is 1. The lowest BCUT2D eigenvalue weighted by Crippen LogP contribution is -2.35. The predicted octanol–water partition coefficient (Wildman–Crippen LogP) is 4.83. The van der Waals surface area contributed by atoms with Gasteiger partial charge in [0.2, 0.25) is 5.91 Å². The smallest absolute Gasteiger partial charge is 0.222 e. The van der Waals surface area contributed by atoms with Crippen LogP contribution in [0.15, 0.2) is 60.9 Å². The van der Waals surface area contributed by atoms with Crippen molar-refractivity contribution in [2.24, 2.45) is 5.92 Å². The summed E-state index contributed by atoms with van der Waals surface area (Å²) in [6.07, 6.45) is 6.40. The summed E-state index contributed by atoms with van der Waals surface area (Å²) >= 11 is 0. The van der Waals surface area contributed by atoms with E-state index in [0.717, 1.165) is 66.1 Å². The van der Waals surface area contributed by atoms with Gasteiger partial charge in [-0.15, -0.1) is 0 Å². The molecule has 2 unspecified atom stereocenters. The van der Waals surface area contributed by atoms with Gasteiger partial charge in [0.25, 0.3) is 0 Å². The molecular formula is C27H28N6O2. The molecule has 2 aliphatic rings. The van der Waals surface area contributed by atoms with Crippen LogP contribution in [0.3, 0.4) is 0 Å². The summed E-state index contributed by atoms with van der Waals surface area (Å²) in [5, 5.41) is 5.68. The number of carbonyl (C=O) groups excluding carboxylic acids is 1. The normalized spacial score (nSPS) is 19.6. The average Bonchev–Trinajstić information content (AvgIpc) is 3.54. The lowest BCUT2D eigenvalue weighted by molar-refractivity contribution is -0.132. The number of likely N-dealkylation sites (tertiary alicyclic amines) is 1. The molecule has 2 N–H and O–H groups in total. The van der Waals surface area contributed by atoms with Crippen LogP contribution in [-0.2, 0) is 4.79 Å². The second kappa shape index (κ2) is 9.02. The largest absolute Gasteiger partial charge is 0.457 e. The number of aromatic nitrogens is 4. The van der Waals surface area contributed by atoms with E-state index in [4.69, 9.17) is 15.6 Å². The van der Waals surface area contributed by atoms with Gasteiger partial charge >= 0.3 is 0 Å². The number of nitrogens with two attached hydrogens (primary N) is 1. The highest BCUT2D eigenvalue weighted by atomic mass is 16.5. The van der Waals surface area contributed by atoms with Gasteiger partial charge in [0, 0.05) is 25.1 Å². The number of benzene rings is 2. The average molecular weight is 469 g/mol. The van der Waals surface area contributed by atoms with E-state index in [1.54, 1.807) is 0 Å². The number of nitrogen functional groups attached to an aromatic ring is 1. The van der Waals surface area contributed by atoms with Crippen molar-refractivity contribution in [3.8, 4) is 22.8 Å². The standard InChI is InChI=1S/C27H28N6O2/c28-26-24-25(18-9-11-21(12-10-18)35-20-7-3-1-4-8-20)31-33(27(24)30-17-29-26)22-15-19(22)16-23(34)32-13-5-2-6-14-32/h1,3-4,7-12,17,19,22H,2,5-6,13-16H2,(H2,28,29,30). The second-order valence-corrected chi connectivity index (χ2v) is 9.40. The van der Waals surface area contributed by atoms with E-state index in [2.05, 4.69) is 9.97 Å². The van der Waals surface area contributed by atoms with Crippen LogP contribution in [0.5, 0.6) is 11.5 Å². The van der Waals surface area contributed by atoms with E-state index in [9.17, 15) is 4.79 Å². The lowest BCUT2D eigenvalue weighted by atomic mass is 10.1. The highest BCUT2D eigenvalue weighted by Gasteiger charge is 2.43. The number of anilines is 1. The third kappa shape index (κ3) is 4.32. The summed E-state index contributed by atoms with van der Waals surface area (Å²) in [7, 11) is 0. The van der Waals surface area contributed by atoms with Crippen molar-refractivity contribution in [2.75, 3.05) is 18.8 Å². The van der Waals surface area contributed by atoms with Gasteiger partial charge < -0.3 is 15.4 Å². The van der Waals surface area contributed by atoms with Gasteiger partial charge in [-0.3, -0.25) is 4.79 Å². The molecule has 4 aromatic rings. The van der Waals surface area contributed by atoms with E-state index in [-0.39, 0.29) is 17.9 Å². The number of nitrogens with zero attached hydrogens (tertiary/aromatic N) is 5. The van der Waals surface area contributed by atoms with E-state index in [0.29, 0.717) is 12.2 Å². The summed E-state index contributed by atoms with van der Waals surface area (Å²) < 4.78 is 7.87. The van der Waals surface area contributed by atoms with Crippen LogP contribution in [0.2, 0.25) is 0 Å². The molecule has 1 amide bonds. The first-order valence-corrected chi connectivity index (χ1v) is 12.3. The van der Waals surface area contributed by atoms with E-state index in [1.165, 1.54) is 12.7 Å². The van der Waals surface area contributed by atoms with Crippen molar-refractivity contribution in [2.45, 2.75) is 38.1 Å². The molecule has 2 aromatic carbocycles. The summed E-state index contributed by atoms with van der Waals surface area (Å²) in [6, 6.07) is 17.6. The van der Waals surface area contributed by atoms with Crippen LogP contribution in [0.4, 0.5) is 5.82 Å². The maximum Gasteiger partial charge on any atom is 0.222 e. The highest BCUT2D eigenvalue weighted by Crippen LogP contribution is 2.48. The molecule has 1 aliphatic carbocycles. The van der Waals surface area contributed by atoms with Gasteiger partial charge in [0.1, 0.15) is 29.3 Å². The van der Waals surface area contributed by atoms with Crippen LogP contribution in [0.1, 0.15) is 38.1 Å². The quantitative estimate of drug-likeness (QED) is 0.435. The molecule has 0 radical (unpaired) electrons. The summed E-state index contributed by atoms with van der Waals surface area (Å²) in [5.74, 6) is 2.47. The Balaban J connectivity index is 1.25. The molecule has 0 spiro atoms. The molecular weight excluding hydrogens is 440 g/mol. The fraction of sp³-hybridized carbons (Fsp3) is 0.333. The van der Waals surface area contributed by atoms with Gasteiger partial charge in [-0.25, -0.2) is 14.6 Å². The van der Waals surface area contributed by atoms with Crippen molar-refractivity contribution >= 4 is 22.8 Å². The van der Waals surface area contributed by atoms with Gasteiger partial charge in [-0.1, -0.05) is 18.2 Å². The van der Waals surface area contributed by atoms with Gasteiger partial charge in [-0.2, -0.15) is 5.10 Å². The van der Waals surface area contributed by atoms with Crippen molar-refractivity contribution in [3.05, 3.63) is 60.9 Å². The third-order valence-corrected chi connectivity index (χ3v) is 6.97. The van der Waals surface area contributed by atoms with Gasteiger partial charge in [-0.05, 0) is 68.0 Å². The number of para-hydroxylation sites is 1. The Morgan fingerprint density at radius 3 is 2.49 bits per heavy atom. The Morgan fingerprint density at radius 1 is 0.971 bits per heavy atom. The molecule has 178 valence electrons. The monoisotopic (exact) mass is 468 g/mol. The number of fused-ring (bicyclic) bond motifs is 1. The maximum absolute atomic E-state index is 12.8. The van der Waals surface area contributed by atoms with Gasteiger partial charge in [0.15, 0.2) is 5.65 Å². The minimum atomic E-state index is 0.148. The molecule has 0 bridgehead atoms. The molecule has 2 fully saturated rings. The number of piperidine rings is 1. The second-order valence-electron chi connectivity index (χ2n) is 9.40. The first kappa shape index (κ1) is 21.6. The van der Waals surface area contributed by atoms with Crippen molar-refractivity contribution in [3.63, 3.8) is 0 Å². The molecule has 1 saturated carbocycles. The zero-order chi connectivity index (χ0) is 23.8. The molecule has 6 rings (SSSR count). The van der Waals surface area contributed by atoms with Crippen LogP contribution in [0.25, 0.3) is 22.3 Å². The van der Waals surface area contributed by atoms with Crippen molar-refractivity contribution in [1.29, 1.82) is 0 Å². The molecule has 35 heavy (non-hydrogen) atoms. The lowest BCUT2D eigenvalue weighted by Gasteiger charge is -2.26. The van der Waals surface area contributed by atoms with Crippen molar-refractivity contribution < 1.29 is 9.53 Å². The molecule has 8 heteroatoms. The minimum Gasteiger partial charge on any atom is -0.457 e. The SMILES string of the molecule is Nc1ncnc2c1c(-c1ccc(Oc3ccccc3)cc1)nn2C1CC1CC(=O)N1CCCCC1. The molecule has 2 atom stereocenters. The van der Waals surface area contributed by atoms with Crippen LogP contribution in [-0.4, -0.2) is 43.6 Å². The Kier molecular flexibility index (Phi) is 5.56. The number of ether oxygens (including phenoxy) is 1. The fourth-order valence-corrected chi connectivity index (χ4v) is 4.98. The summed E-state index contributed by atoms with van der Waals surface area (Å²) in [6.45, 7) is 1.78. The summed E-state index contributed by atoms with van der Waals surface area (Å²) in [5.41, 5.74) is 8.66. The Labute approximate surface area is 203 Å². The first-order valence-electron chi connectivity index (χ1n) is 12.3. The fourth-order valence-electron chi connectivity index (χ4n) is 4.98. The van der Waals surface area contributed by atoms with E-state index in [1.807, 2.05) is 64.2 Å². The van der Waals surface area contributed by atoms with Crippen LogP contribution < -0.4 is 10.5 Å². The zero-order valence-electron chi connectivity index (χ0n) is 19.5. The first-order chi connectivity index (χ1) is 17.2. The summed E-state index contributed by atoms with van der Waals surface area (Å²) in [4.78, 5) is 23.5. The zero-order valence-corrected chi connectivity index (χ0v) is 19.5. The molecule has 1 aliphatic heterocycles. The molecule has 2 aromatic heterocycles. The number of rotatable bonds is 6. The number of amides is 1.